The molecule has 0 heterocycles. The summed E-state index contributed by atoms with van der Waals surface area (Å²) in [6.45, 7) is 0. The van der Waals surface area contributed by atoms with Crippen molar-refractivity contribution in [3.63, 3.8) is 0 Å². The summed E-state index contributed by atoms with van der Waals surface area (Å²) in [7, 11) is 0. The summed E-state index contributed by atoms with van der Waals surface area (Å²) in [6.07, 6.45) is 3.93. The Morgan fingerprint density at radius 3 is 3.00 bits per heavy atom. The van der Waals surface area contributed by atoms with Crippen LogP contribution in [0.15, 0.2) is 18.2 Å². The smallest absolute Gasteiger partial charge is 0.335 e. The van der Waals surface area contributed by atoms with Crippen LogP contribution in [0.1, 0.15) is 27.9 Å². The second-order valence-corrected chi connectivity index (χ2v) is 2.92. The number of carboxylic acids is 1. The number of hydrogen-bond acceptors (Lipinski definition) is 1. The van der Waals surface area contributed by atoms with Crippen LogP contribution in [-0.2, 0) is 6.42 Å². The van der Waals surface area contributed by atoms with Gasteiger partial charge in [0.15, 0.2) is 0 Å². The molecular formula is C10H9O2. The van der Waals surface area contributed by atoms with E-state index in [-0.39, 0.29) is 0 Å². The molecule has 0 unspecified atom stereocenters. The van der Waals surface area contributed by atoms with Crippen LogP contribution in [0.2, 0.25) is 0 Å². The van der Waals surface area contributed by atoms with Crippen LogP contribution in [0.4, 0.5) is 0 Å². The highest BCUT2D eigenvalue weighted by Gasteiger charge is 2.17. The third-order valence-corrected chi connectivity index (χ3v) is 2.20. The van der Waals surface area contributed by atoms with Crippen LogP contribution in [0.3, 0.4) is 0 Å². The van der Waals surface area contributed by atoms with Crippen LogP contribution < -0.4 is 0 Å². The van der Waals surface area contributed by atoms with E-state index in [1.807, 2.05) is 6.07 Å². The Hall–Kier alpha value is -1.31. The van der Waals surface area contributed by atoms with Crippen LogP contribution in [0.5, 0.6) is 0 Å². The van der Waals surface area contributed by atoms with Crippen molar-refractivity contribution in [3.8, 4) is 0 Å². The lowest BCUT2D eigenvalue weighted by Gasteiger charge is -2.01. The van der Waals surface area contributed by atoms with Crippen molar-refractivity contribution < 1.29 is 9.90 Å². The predicted molar refractivity (Wildman–Crippen MR) is 45.1 cm³/mol. The molecule has 0 saturated heterocycles. The highest BCUT2D eigenvalue weighted by atomic mass is 16.4. The standard InChI is InChI=1S/C10H9O2/c11-10(12)9-6-2-4-7-3-1-5-8(7)9/h2-4,6H,1,5H2,(H,11,12). The molecule has 2 nitrogen and oxygen atoms in total. The molecule has 0 aromatic heterocycles. The van der Waals surface area contributed by atoms with Gasteiger partial charge in [-0.15, -0.1) is 0 Å². The van der Waals surface area contributed by atoms with Crippen molar-refractivity contribution in [2.45, 2.75) is 12.8 Å². The van der Waals surface area contributed by atoms with Gasteiger partial charge >= 0.3 is 5.97 Å². The van der Waals surface area contributed by atoms with E-state index in [9.17, 15) is 4.79 Å². The first-order valence-electron chi connectivity index (χ1n) is 3.97. The Kier molecular flexibility index (Phi) is 1.61. The zero-order valence-corrected chi connectivity index (χ0v) is 6.58. The minimum absolute atomic E-state index is 0.459. The molecule has 1 aromatic rings. The molecule has 0 spiro atoms. The lowest BCUT2D eigenvalue weighted by molar-refractivity contribution is 0.0696. The van der Waals surface area contributed by atoms with Gasteiger partial charge in [0.05, 0.1) is 5.56 Å². The van der Waals surface area contributed by atoms with Gasteiger partial charge in [-0.3, -0.25) is 0 Å². The van der Waals surface area contributed by atoms with Gasteiger partial charge in [-0.1, -0.05) is 12.1 Å². The maximum atomic E-state index is 10.7. The summed E-state index contributed by atoms with van der Waals surface area (Å²) in [4.78, 5) is 10.7. The topological polar surface area (TPSA) is 37.3 Å². The molecule has 61 valence electrons. The first kappa shape index (κ1) is 7.35. The number of carboxylic acid groups (broad SMARTS) is 1. The highest BCUT2D eigenvalue weighted by molar-refractivity contribution is 5.90. The number of fused-ring (bicyclic) bond motifs is 1. The van der Waals surface area contributed by atoms with E-state index < -0.39 is 5.97 Å². The van der Waals surface area contributed by atoms with Crippen molar-refractivity contribution >= 4 is 5.97 Å². The number of rotatable bonds is 1. The average Bonchev–Trinajstić information content (AvgIpc) is 2.49. The van der Waals surface area contributed by atoms with Gasteiger partial charge in [0.2, 0.25) is 0 Å². The van der Waals surface area contributed by atoms with E-state index in [1.54, 1.807) is 12.1 Å². The third kappa shape index (κ3) is 0.998. The molecule has 1 aromatic carbocycles. The fourth-order valence-corrected chi connectivity index (χ4v) is 1.65. The molecule has 0 saturated carbocycles. The van der Waals surface area contributed by atoms with Crippen molar-refractivity contribution in [3.05, 3.63) is 41.3 Å². The molecule has 0 fully saturated rings. The SMILES string of the molecule is O=C(O)c1cccc2c1CC[CH]2. The monoisotopic (exact) mass is 161 g/mol. The molecule has 12 heavy (non-hydrogen) atoms. The Bertz CT molecular complexity index is 329. The predicted octanol–water partition coefficient (Wildman–Crippen LogP) is 1.88. The van der Waals surface area contributed by atoms with Crippen molar-refractivity contribution in [1.29, 1.82) is 0 Å². The summed E-state index contributed by atoms with van der Waals surface area (Å²) >= 11 is 0. The number of carbonyl (C=O) groups is 1. The van der Waals surface area contributed by atoms with Gasteiger partial charge in [-0.05, 0) is 36.5 Å². The van der Waals surface area contributed by atoms with Crippen LogP contribution in [-0.4, -0.2) is 11.1 Å². The van der Waals surface area contributed by atoms with Gasteiger partial charge in [0.25, 0.3) is 0 Å². The lowest BCUT2D eigenvalue weighted by Crippen LogP contribution is -2.01. The minimum Gasteiger partial charge on any atom is -0.478 e. The molecule has 1 aliphatic carbocycles. The van der Waals surface area contributed by atoms with Gasteiger partial charge in [-0.2, -0.15) is 0 Å². The molecule has 2 heteroatoms. The van der Waals surface area contributed by atoms with Gasteiger partial charge < -0.3 is 5.11 Å². The Morgan fingerprint density at radius 1 is 1.42 bits per heavy atom. The molecule has 2 rings (SSSR count). The van der Waals surface area contributed by atoms with Gasteiger partial charge in [-0.25, -0.2) is 4.79 Å². The first-order chi connectivity index (χ1) is 5.79. The average molecular weight is 161 g/mol. The van der Waals surface area contributed by atoms with E-state index in [1.165, 1.54) is 0 Å². The van der Waals surface area contributed by atoms with E-state index in [0.29, 0.717) is 5.56 Å². The molecule has 0 amide bonds. The van der Waals surface area contributed by atoms with Gasteiger partial charge in [0, 0.05) is 0 Å². The molecule has 1 N–H and O–H groups in total. The fourth-order valence-electron chi connectivity index (χ4n) is 1.65. The summed E-state index contributed by atoms with van der Waals surface area (Å²) < 4.78 is 0. The quantitative estimate of drug-likeness (QED) is 0.682. The van der Waals surface area contributed by atoms with Crippen LogP contribution >= 0.6 is 0 Å². The Labute approximate surface area is 70.8 Å². The maximum absolute atomic E-state index is 10.7. The first-order valence-corrected chi connectivity index (χ1v) is 3.97. The second-order valence-electron chi connectivity index (χ2n) is 2.92. The van der Waals surface area contributed by atoms with Crippen molar-refractivity contribution in [2.24, 2.45) is 0 Å². The summed E-state index contributed by atoms with van der Waals surface area (Å²) in [6, 6.07) is 5.43. The lowest BCUT2D eigenvalue weighted by atomic mass is 10.0. The second kappa shape index (κ2) is 2.63. The zero-order chi connectivity index (χ0) is 8.55. The molecule has 0 aliphatic heterocycles. The molecular weight excluding hydrogens is 152 g/mol. The zero-order valence-electron chi connectivity index (χ0n) is 6.58. The largest absolute Gasteiger partial charge is 0.478 e. The molecule has 1 radical (unpaired) electrons. The Morgan fingerprint density at radius 2 is 2.25 bits per heavy atom. The molecule has 0 atom stereocenters. The molecule has 0 bridgehead atoms. The summed E-state index contributed by atoms with van der Waals surface area (Å²) in [5.74, 6) is -0.817. The van der Waals surface area contributed by atoms with E-state index in [2.05, 4.69) is 6.42 Å². The van der Waals surface area contributed by atoms with Crippen LogP contribution in [0.25, 0.3) is 0 Å². The van der Waals surface area contributed by atoms with Crippen molar-refractivity contribution in [1.82, 2.24) is 0 Å². The maximum Gasteiger partial charge on any atom is 0.335 e. The van der Waals surface area contributed by atoms with Crippen LogP contribution in [0, 0.1) is 6.42 Å². The van der Waals surface area contributed by atoms with E-state index in [4.69, 9.17) is 5.11 Å². The Balaban J connectivity index is 2.56. The van der Waals surface area contributed by atoms with Crippen molar-refractivity contribution in [2.75, 3.05) is 0 Å². The van der Waals surface area contributed by atoms with E-state index in [0.717, 1.165) is 24.0 Å². The summed E-state index contributed by atoms with van der Waals surface area (Å²) in [5, 5.41) is 8.84. The number of aromatic carboxylic acids is 1. The minimum atomic E-state index is -0.817. The van der Waals surface area contributed by atoms with E-state index >= 15 is 0 Å². The number of hydrogen-bond donors (Lipinski definition) is 1. The van der Waals surface area contributed by atoms with Gasteiger partial charge in [0.1, 0.15) is 0 Å². The normalized spacial score (nSPS) is 14.3. The summed E-state index contributed by atoms with van der Waals surface area (Å²) in [5.41, 5.74) is 2.54. The fraction of sp³-hybridized carbons (Fsp3) is 0.200. The molecule has 1 aliphatic rings. The number of benzene rings is 1. The third-order valence-electron chi connectivity index (χ3n) is 2.20. The highest BCUT2D eigenvalue weighted by Crippen LogP contribution is 2.26.